The van der Waals surface area contributed by atoms with E-state index in [0.29, 0.717) is 22.5 Å². The van der Waals surface area contributed by atoms with Crippen molar-refractivity contribution >= 4 is 29.8 Å². The minimum Gasteiger partial charge on any atom is -0.872 e. The largest absolute Gasteiger partial charge is 3.00 e. The van der Waals surface area contributed by atoms with Crippen molar-refractivity contribution in [1.29, 1.82) is 0 Å². The van der Waals surface area contributed by atoms with Crippen LogP contribution in [-0.2, 0) is 21.9 Å². The van der Waals surface area contributed by atoms with Crippen LogP contribution >= 0.6 is 0 Å². The third-order valence-corrected chi connectivity index (χ3v) is 3.41. The van der Waals surface area contributed by atoms with Crippen LogP contribution in [0.5, 0.6) is 11.5 Å². The van der Waals surface area contributed by atoms with Crippen molar-refractivity contribution in [2.75, 3.05) is 0 Å². The normalized spacial score (nSPS) is 10.2. The van der Waals surface area contributed by atoms with E-state index in [2.05, 4.69) is 9.98 Å². The van der Waals surface area contributed by atoms with E-state index < -0.39 is 5.97 Å². The zero-order chi connectivity index (χ0) is 20.4. The maximum Gasteiger partial charge on any atom is 3.00 e. The first kappa shape index (κ1) is 23.6. The van der Waals surface area contributed by atoms with Gasteiger partial charge in [-0.3, -0.25) is 9.98 Å². The molecule has 0 radical (unpaired) electrons. The van der Waals surface area contributed by atoms with E-state index in [1.54, 1.807) is 48.5 Å². The van der Waals surface area contributed by atoms with Crippen molar-refractivity contribution < 1.29 is 37.2 Å². The van der Waals surface area contributed by atoms with E-state index in [1.807, 2.05) is 12.1 Å². The summed E-state index contributed by atoms with van der Waals surface area (Å²) >= 11 is 0. The maximum absolute atomic E-state index is 11.7. The second kappa shape index (κ2) is 12.1. The molecule has 0 N–H and O–H groups in total. The summed E-state index contributed by atoms with van der Waals surface area (Å²) in [5, 5.41) is 32.3. The fraction of sp³-hybridized carbons (Fsp3) is 0.0455. The first-order valence-electron chi connectivity index (χ1n) is 8.34. The molecule has 0 amide bonds. The summed E-state index contributed by atoms with van der Waals surface area (Å²) in [4.78, 5) is 17.6. The zero-order valence-electron chi connectivity index (χ0n) is 15.5. The number of benzene rings is 3. The molecule has 0 fully saturated rings. The second-order valence-corrected chi connectivity index (χ2v) is 5.57. The second-order valence-electron chi connectivity index (χ2n) is 5.57. The molecule has 0 aromatic heterocycles. The molecule has 3 aromatic rings. The first-order valence-corrected chi connectivity index (χ1v) is 8.34. The molecule has 0 aliphatic rings. The van der Waals surface area contributed by atoms with Gasteiger partial charge in [-0.05, 0) is 30.2 Å². The van der Waals surface area contributed by atoms with Gasteiger partial charge in [-0.25, -0.2) is 0 Å². The molecule has 3 aromatic carbocycles. The van der Waals surface area contributed by atoms with Gasteiger partial charge in [0.25, 0.3) is 0 Å². The quantitative estimate of drug-likeness (QED) is 0.468. The number of aliphatic carboxylic acids is 1. The van der Waals surface area contributed by atoms with E-state index in [4.69, 9.17) is 9.90 Å². The predicted molar refractivity (Wildman–Crippen MR) is 103 cm³/mol. The minimum absolute atomic E-state index is 0. The van der Waals surface area contributed by atoms with Crippen LogP contribution in [0.25, 0.3) is 0 Å². The molecule has 0 heterocycles. The molecule has 6 nitrogen and oxygen atoms in total. The van der Waals surface area contributed by atoms with Gasteiger partial charge in [-0.1, -0.05) is 60.7 Å². The van der Waals surface area contributed by atoms with Crippen LogP contribution in [0.4, 0.5) is 11.4 Å². The monoisotopic (exact) mass is 428 g/mol. The van der Waals surface area contributed by atoms with Crippen molar-refractivity contribution in [2.24, 2.45) is 9.98 Å². The Morgan fingerprint density at radius 1 is 0.724 bits per heavy atom. The van der Waals surface area contributed by atoms with Gasteiger partial charge in [-0.2, -0.15) is 0 Å². The molecule has 0 saturated heterocycles. The number of aliphatic imine (C=N–C) groups is 2. The fourth-order valence-electron chi connectivity index (χ4n) is 2.14. The summed E-state index contributed by atoms with van der Waals surface area (Å²) in [6, 6.07) is 20.7. The molecule has 0 bridgehead atoms. The zero-order valence-corrected chi connectivity index (χ0v) is 16.7. The molecule has 29 heavy (non-hydrogen) atoms. The van der Waals surface area contributed by atoms with E-state index in [0.717, 1.165) is 6.92 Å². The molecule has 146 valence electrons. The van der Waals surface area contributed by atoms with Gasteiger partial charge < -0.3 is 20.1 Å². The Morgan fingerprint density at radius 3 is 1.38 bits per heavy atom. The van der Waals surface area contributed by atoms with E-state index in [9.17, 15) is 10.2 Å². The number of carboxylic acids is 1. The Labute approximate surface area is 179 Å². The van der Waals surface area contributed by atoms with Crippen LogP contribution in [-0.4, -0.2) is 18.4 Å². The summed E-state index contributed by atoms with van der Waals surface area (Å²) < 4.78 is 0. The van der Waals surface area contributed by atoms with Gasteiger partial charge in [0.15, 0.2) is 0 Å². The minimum atomic E-state index is -1.08. The molecule has 0 spiro atoms. The molecule has 0 aliphatic carbocycles. The van der Waals surface area contributed by atoms with E-state index in [1.165, 1.54) is 24.6 Å². The van der Waals surface area contributed by atoms with Crippen molar-refractivity contribution in [3.05, 3.63) is 83.9 Å². The maximum atomic E-state index is 11.7. The number of para-hydroxylation sites is 4. The molecule has 0 saturated carbocycles. The van der Waals surface area contributed by atoms with Gasteiger partial charge in [0.05, 0.1) is 11.4 Å². The number of hydrogen-bond donors (Lipinski definition) is 0. The predicted octanol–water partition coefficient (Wildman–Crippen LogP) is 2.09. The molecule has 0 atom stereocenters. The Morgan fingerprint density at radius 2 is 1.03 bits per heavy atom. The number of hydrogen-bond acceptors (Lipinski definition) is 6. The number of nitrogens with zero attached hydrogens (tertiary/aromatic N) is 2. The summed E-state index contributed by atoms with van der Waals surface area (Å²) in [6.45, 7) is 0.972. The molecular formula is C22H17MnN2O4. The van der Waals surface area contributed by atoms with Crippen LogP contribution in [0.1, 0.15) is 18.1 Å². The number of carbonyl (C=O) groups excluding carboxylic acids is 1. The number of rotatable bonds is 4. The third kappa shape index (κ3) is 8.01. The third-order valence-electron chi connectivity index (χ3n) is 3.41. The molecule has 0 aliphatic heterocycles. The Bertz CT molecular complexity index is 925. The number of carboxylic acid groups (broad SMARTS) is 1. The summed E-state index contributed by atoms with van der Waals surface area (Å²) in [5.74, 6) is -1.25. The Balaban J connectivity index is 0.000000771. The standard InChI is InChI=1S/C20H16N2O2.C2H4O2.Mn/c23-19-11-5-1-7-15(19)13-21-17-9-3-4-10-18(17)22-14-16-8-2-6-12-20(16)24;1-2(3)4;/h1-14,23-24H;1H3,(H,3,4);/q;;+3/p-3. The van der Waals surface area contributed by atoms with Gasteiger partial charge in [0, 0.05) is 18.4 Å². The van der Waals surface area contributed by atoms with Crippen molar-refractivity contribution in [1.82, 2.24) is 0 Å². The Hall–Kier alpha value is -3.41. The molecule has 7 heteroatoms. The average molecular weight is 428 g/mol. The topological polar surface area (TPSA) is 111 Å². The van der Waals surface area contributed by atoms with Crippen LogP contribution in [0.15, 0.2) is 82.8 Å². The fourth-order valence-corrected chi connectivity index (χ4v) is 2.14. The molecule has 3 rings (SSSR count). The molecule has 0 unspecified atom stereocenters. The smallest absolute Gasteiger partial charge is 0.872 e. The van der Waals surface area contributed by atoms with Crippen molar-refractivity contribution in [2.45, 2.75) is 6.92 Å². The summed E-state index contributed by atoms with van der Waals surface area (Å²) in [7, 11) is 0. The van der Waals surface area contributed by atoms with Gasteiger partial charge in [0.1, 0.15) is 0 Å². The van der Waals surface area contributed by atoms with Crippen LogP contribution < -0.4 is 15.3 Å². The number of carbonyl (C=O) groups is 1. The van der Waals surface area contributed by atoms with Crippen molar-refractivity contribution in [3.63, 3.8) is 0 Å². The summed E-state index contributed by atoms with van der Waals surface area (Å²) in [5.41, 5.74) is 2.28. The summed E-state index contributed by atoms with van der Waals surface area (Å²) in [6.07, 6.45) is 3.05. The molecular weight excluding hydrogens is 411 g/mol. The first-order chi connectivity index (χ1) is 13.5. The van der Waals surface area contributed by atoms with Gasteiger partial charge >= 0.3 is 17.1 Å². The SMILES string of the molecule is CC(=O)[O-].[Mn+3].[O-]c1ccccc1C=Nc1ccccc1N=Cc1ccccc1[O-]. The van der Waals surface area contributed by atoms with E-state index >= 15 is 0 Å². The van der Waals surface area contributed by atoms with Gasteiger partial charge in [0.2, 0.25) is 0 Å². The van der Waals surface area contributed by atoms with Gasteiger partial charge in [-0.15, -0.1) is 11.5 Å². The van der Waals surface area contributed by atoms with Crippen LogP contribution in [0.2, 0.25) is 0 Å². The Kier molecular flexibility index (Phi) is 9.88. The van der Waals surface area contributed by atoms with Crippen LogP contribution in [0, 0.1) is 0 Å². The average Bonchev–Trinajstić information content (AvgIpc) is 2.67. The van der Waals surface area contributed by atoms with Crippen LogP contribution in [0.3, 0.4) is 0 Å². The van der Waals surface area contributed by atoms with E-state index in [-0.39, 0.29) is 28.6 Å². The van der Waals surface area contributed by atoms with Crippen molar-refractivity contribution in [3.8, 4) is 11.5 Å².